The summed E-state index contributed by atoms with van der Waals surface area (Å²) in [5.41, 5.74) is 2.87. The van der Waals surface area contributed by atoms with Crippen LogP contribution in [0.3, 0.4) is 0 Å². The van der Waals surface area contributed by atoms with Crippen LogP contribution in [0.2, 0.25) is 0 Å². The van der Waals surface area contributed by atoms with Crippen LogP contribution >= 0.6 is 0 Å². The van der Waals surface area contributed by atoms with E-state index in [1.54, 1.807) is 12.1 Å². The summed E-state index contributed by atoms with van der Waals surface area (Å²) in [6.45, 7) is 7.06. The number of benzene rings is 1. The van der Waals surface area contributed by atoms with Gasteiger partial charge in [-0.05, 0) is 95.0 Å². The molecule has 41 heavy (non-hydrogen) atoms. The molecule has 3 aliphatic rings. The number of nitrogens with one attached hydrogen (secondary N) is 2. The predicted octanol–water partition coefficient (Wildman–Crippen LogP) is 7.00. The first-order valence-corrected chi connectivity index (χ1v) is 16.0. The third-order valence-electron chi connectivity index (χ3n) is 9.28. The van der Waals surface area contributed by atoms with E-state index in [2.05, 4.69) is 25.1 Å². The van der Waals surface area contributed by atoms with Crippen LogP contribution in [0.25, 0.3) is 11.2 Å². The van der Waals surface area contributed by atoms with Crippen LogP contribution in [0, 0.1) is 18.7 Å². The van der Waals surface area contributed by atoms with Gasteiger partial charge >= 0.3 is 0 Å². The summed E-state index contributed by atoms with van der Waals surface area (Å²) in [5.74, 6) is 1.59. The lowest BCUT2D eigenvalue weighted by atomic mass is 9.86. The topological polar surface area (TPSA) is 80.1 Å². The zero-order valence-electron chi connectivity index (χ0n) is 24.6. The molecule has 0 atom stereocenters. The van der Waals surface area contributed by atoms with Crippen molar-refractivity contribution in [3.63, 3.8) is 0 Å². The normalized spacial score (nSPS) is 22.7. The number of imidazole rings is 1. The largest absolute Gasteiger partial charge is 0.380 e. The molecule has 6 rings (SSSR count). The van der Waals surface area contributed by atoms with E-state index >= 15 is 0 Å². The molecule has 1 aromatic carbocycles. The minimum Gasteiger partial charge on any atom is -0.380 e. The van der Waals surface area contributed by atoms with E-state index in [0.717, 1.165) is 75.0 Å². The van der Waals surface area contributed by atoms with Crippen LogP contribution in [0.4, 0.5) is 22.0 Å². The average molecular weight is 564 g/mol. The van der Waals surface area contributed by atoms with Gasteiger partial charge in [-0.15, -0.1) is 0 Å². The molecular formula is C32H46FN7O. The van der Waals surface area contributed by atoms with Gasteiger partial charge in [-0.2, -0.15) is 4.98 Å². The Kier molecular flexibility index (Phi) is 9.31. The lowest BCUT2D eigenvalue weighted by Crippen LogP contribution is -2.33. The number of rotatable bonds is 10. The zero-order chi connectivity index (χ0) is 28.0. The fourth-order valence-corrected chi connectivity index (χ4v) is 6.86. The highest BCUT2D eigenvalue weighted by atomic mass is 19.1. The molecule has 3 fully saturated rings. The standard InChI is InChI=1S/C32H46FN7O/c1-23-10-15-28(27(33)20-23)36-32-37-29-21-34-31(35-25-8-4-2-5-9-25)38-30(29)40(32)26-13-11-24(12-14-26)22-41-19-18-39-16-6-3-7-17-39/h10,15,20-21,24-26H,2-9,11-14,16-19,22H2,1H3,(H,36,37)(H,34,35,38). The van der Waals surface area contributed by atoms with Crippen molar-refractivity contribution in [2.75, 3.05) is 43.5 Å². The van der Waals surface area contributed by atoms with Crippen molar-refractivity contribution < 1.29 is 9.13 Å². The Hall–Kier alpha value is -2.78. The monoisotopic (exact) mass is 563 g/mol. The SMILES string of the molecule is Cc1ccc(Nc2nc3cnc(NC4CCCCC4)nc3n2C2CCC(COCCN3CCCCC3)CC2)c(F)c1. The van der Waals surface area contributed by atoms with Gasteiger partial charge in [0, 0.05) is 25.2 Å². The Labute approximate surface area is 243 Å². The molecule has 2 saturated carbocycles. The Morgan fingerprint density at radius 1 is 0.951 bits per heavy atom. The maximum atomic E-state index is 14.9. The second kappa shape index (κ2) is 13.5. The first-order chi connectivity index (χ1) is 20.1. The van der Waals surface area contributed by atoms with E-state index in [1.807, 2.05) is 19.2 Å². The molecule has 2 aliphatic carbocycles. The number of fused-ring (bicyclic) bond motifs is 1. The minimum atomic E-state index is -0.278. The van der Waals surface area contributed by atoms with E-state index in [0.29, 0.717) is 29.5 Å². The molecule has 0 unspecified atom stereocenters. The van der Waals surface area contributed by atoms with Gasteiger partial charge in [0.1, 0.15) is 11.3 Å². The van der Waals surface area contributed by atoms with E-state index < -0.39 is 0 Å². The summed E-state index contributed by atoms with van der Waals surface area (Å²) in [6.07, 6.45) is 16.2. The van der Waals surface area contributed by atoms with E-state index in [4.69, 9.17) is 14.7 Å². The van der Waals surface area contributed by atoms with Gasteiger partial charge in [0.05, 0.1) is 18.5 Å². The quantitative estimate of drug-likeness (QED) is 0.257. The first kappa shape index (κ1) is 28.3. The van der Waals surface area contributed by atoms with Gasteiger partial charge in [-0.25, -0.2) is 14.4 Å². The summed E-state index contributed by atoms with van der Waals surface area (Å²) in [5, 5.41) is 6.87. The number of hydrogen-bond acceptors (Lipinski definition) is 7. The van der Waals surface area contributed by atoms with Gasteiger partial charge < -0.3 is 20.3 Å². The molecule has 0 radical (unpaired) electrons. The van der Waals surface area contributed by atoms with Crippen molar-refractivity contribution in [1.82, 2.24) is 24.4 Å². The Balaban J connectivity index is 1.16. The van der Waals surface area contributed by atoms with Crippen molar-refractivity contribution in [3.8, 4) is 0 Å². The van der Waals surface area contributed by atoms with Gasteiger partial charge in [0.2, 0.25) is 11.9 Å². The lowest BCUT2D eigenvalue weighted by molar-refractivity contribution is 0.0587. The van der Waals surface area contributed by atoms with Crippen LogP contribution in [-0.2, 0) is 4.74 Å². The maximum Gasteiger partial charge on any atom is 0.224 e. The fourth-order valence-electron chi connectivity index (χ4n) is 6.86. The van der Waals surface area contributed by atoms with E-state index in [1.165, 1.54) is 51.6 Å². The number of hydrogen-bond donors (Lipinski definition) is 2. The number of piperidine rings is 1. The number of likely N-dealkylation sites (tertiary alicyclic amines) is 1. The number of aryl methyl sites for hydroxylation is 1. The highest BCUT2D eigenvalue weighted by molar-refractivity contribution is 5.76. The highest BCUT2D eigenvalue weighted by Crippen LogP contribution is 2.37. The van der Waals surface area contributed by atoms with Crippen molar-refractivity contribution >= 4 is 28.7 Å². The summed E-state index contributed by atoms with van der Waals surface area (Å²) in [6, 6.07) is 5.91. The number of aromatic nitrogens is 4. The Morgan fingerprint density at radius 3 is 2.51 bits per heavy atom. The molecule has 9 heteroatoms. The Morgan fingerprint density at radius 2 is 1.73 bits per heavy atom. The molecule has 2 aromatic heterocycles. The number of nitrogens with zero attached hydrogens (tertiary/aromatic N) is 5. The van der Waals surface area contributed by atoms with Gasteiger partial charge in [0.25, 0.3) is 0 Å². The summed E-state index contributed by atoms with van der Waals surface area (Å²) in [4.78, 5) is 17.0. The first-order valence-electron chi connectivity index (χ1n) is 16.0. The summed E-state index contributed by atoms with van der Waals surface area (Å²) >= 11 is 0. The number of anilines is 3. The number of ether oxygens (including phenoxy) is 1. The molecule has 0 amide bonds. The molecule has 1 aliphatic heterocycles. The lowest BCUT2D eigenvalue weighted by Gasteiger charge is -2.31. The van der Waals surface area contributed by atoms with Crippen molar-refractivity contribution in [1.29, 1.82) is 0 Å². The van der Waals surface area contributed by atoms with Crippen LogP contribution in [0.5, 0.6) is 0 Å². The zero-order valence-corrected chi connectivity index (χ0v) is 24.6. The molecule has 0 bridgehead atoms. The third kappa shape index (κ3) is 7.17. The smallest absolute Gasteiger partial charge is 0.224 e. The molecule has 1 saturated heterocycles. The Bertz CT molecular complexity index is 1280. The van der Waals surface area contributed by atoms with Gasteiger partial charge in [-0.3, -0.25) is 4.57 Å². The van der Waals surface area contributed by atoms with Gasteiger partial charge in [0.15, 0.2) is 5.65 Å². The minimum absolute atomic E-state index is 0.234. The van der Waals surface area contributed by atoms with Crippen LogP contribution in [0.15, 0.2) is 24.4 Å². The summed E-state index contributed by atoms with van der Waals surface area (Å²) < 4.78 is 23.2. The third-order valence-corrected chi connectivity index (χ3v) is 9.28. The van der Waals surface area contributed by atoms with Crippen molar-refractivity contribution in [2.24, 2.45) is 5.92 Å². The van der Waals surface area contributed by atoms with Crippen molar-refractivity contribution in [2.45, 2.75) is 96.1 Å². The average Bonchev–Trinajstić information content (AvgIpc) is 3.35. The molecule has 0 spiro atoms. The fraction of sp³-hybridized carbons (Fsp3) is 0.656. The van der Waals surface area contributed by atoms with Gasteiger partial charge in [-0.1, -0.05) is 31.7 Å². The van der Waals surface area contributed by atoms with Crippen molar-refractivity contribution in [3.05, 3.63) is 35.8 Å². The molecule has 222 valence electrons. The predicted molar refractivity (Wildman–Crippen MR) is 162 cm³/mol. The highest BCUT2D eigenvalue weighted by Gasteiger charge is 2.28. The maximum absolute atomic E-state index is 14.9. The molecular weight excluding hydrogens is 517 g/mol. The molecule has 8 nitrogen and oxygen atoms in total. The van der Waals surface area contributed by atoms with E-state index in [9.17, 15) is 4.39 Å². The van der Waals surface area contributed by atoms with E-state index in [-0.39, 0.29) is 11.9 Å². The number of halogens is 1. The molecule has 2 N–H and O–H groups in total. The van der Waals surface area contributed by atoms with Crippen LogP contribution < -0.4 is 10.6 Å². The molecule has 3 heterocycles. The van der Waals surface area contributed by atoms with Crippen LogP contribution in [-0.4, -0.2) is 63.3 Å². The molecule has 3 aromatic rings. The summed E-state index contributed by atoms with van der Waals surface area (Å²) in [7, 11) is 0. The van der Waals surface area contributed by atoms with Crippen LogP contribution in [0.1, 0.15) is 88.7 Å². The second-order valence-electron chi connectivity index (χ2n) is 12.4. The second-order valence-corrected chi connectivity index (χ2v) is 12.4.